The van der Waals surface area contributed by atoms with Crippen LogP contribution in [0.15, 0.2) is 11.6 Å². The summed E-state index contributed by atoms with van der Waals surface area (Å²) >= 11 is 0. The predicted molar refractivity (Wildman–Crippen MR) is 117 cm³/mol. The van der Waals surface area contributed by atoms with E-state index in [4.69, 9.17) is 9.47 Å². The van der Waals surface area contributed by atoms with Crippen molar-refractivity contribution in [3.63, 3.8) is 0 Å². The maximum Gasteiger partial charge on any atom is 0.171 e. The van der Waals surface area contributed by atoms with E-state index in [0.717, 1.165) is 31.4 Å². The molecular formula is C27H38O4. The minimum absolute atomic E-state index is 0.108. The molecule has 6 unspecified atom stereocenters. The zero-order valence-corrected chi connectivity index (χ0v) is 19.6. The van der Waals surface area contributed by atoms with Gasteiger partial charge in [-0.25, -0.2) is 0 Å². The van der Waals surface area contributed by atoms with Crippen molar-refractivity contribution >= 4 is 11.6 Å². The highest BCUT2D eigenvalue weighted by atomic mass is 16.7. The maximum atomic E-state index is 13.2. The van der Waals surface area contributed by atoms with E-state index in [0.29, 0.717) is 48.3 Å². The van der Waals surface area contributed by atoms with Crippen LogP contribution in [0.1, 0.15) is 79.1 Å². The van der Waals surface area contributed by atoms with E-state index in [2.05, 4.69) is 27.7 Å². The number of hydrogen-bond acceptors (Lipinski definition) is 4. The van der Waals surface area contributed by atoms with Gasteiger partial charge < -0.3 is 9.47 Å². The highest BCUT2D eigenvalue weighted by Gasteiger charge is 2.69. The maximum absolute atomic E-state index is 13.2. The Morgan fingerprint density at radius 1 is 1.03 bits per heavy atom. The molecule has 4 heteroatoms. The molecule has 0 N–H and O–H groups in total. The number of fused-ring (bicyclic) bond motifs is 7. The topological polar surface area (TPSA) is 52.6 Å². The van der Waals surface area contributed by atoms with Crippen LogP contribution in [0.2, 0.25) is 0 Å². The Morgan fingerprint density at radius 3 is 2.58 bits per heavy atom. The Balaban J connectivity index is 1.31. The SMILES string of the molecule is C[C@@H]1CCC2(OC1)OC1CC3C4CC(=O)C5=CC(=O)CC[C@]5(C)C4CC[C@]3(C)C1[C@@H]2C. The quantitative estimate of drug-likeness (QED) is 0.541. The van der Waals surface area contributed by atoms with E-state index in [1.165, 1.54) is 19.3 Å². The molecule has 31 heavy (non-hydrogen) atoms. The lowest BCUT2D eigenvalue weighted by Crippen LogP contribution is -2.54. The Hall–Kier alpha value is -1.00. The second kappa shape index (κ2) is 6.53. The molecule has 0 amide bonds. The largest absolute Gasteiger partial charge is 0.349 e. The first-order valence-electron chi connectivity index (χ1n) is 12.8. The van der Waals surface area contributed by atoms with Crippen molar-refractivity contribution in [1.82, 2.24) is 0 Å². The molecule has 1 spiro atoms. The molecule has 6 aliphatic rings. The highest BCUT2D eigenvalue weighted by Crippen LogP contribution is 2.70. The number of rotatable bonds is 0. The fourth-order valence-electron chi connectivity index (χ4n) is 9.40. The smallest absolute Gasteiger partial charge is 0.171 e. The lowest BCUT2D eigenvalue weighted by atomic mass is 9.46. The van der Waals surface area contributed by atoms with Crippen molar-refractivity contribution in [2.24, 2.45) is 46.3 Å². The lowest BCUT2D eigenvalue weighted by molar-refractivity contribution is -0.272. The summed E-state index contributed by atoms with van der Waals surface area (Å²) in [6.45, 7) is 10.2. The van der Waals surface area contributed by atoms with Crippen LogP contribution in [0.3, 0.4) is 0 Å². The fraction of sp³-hybridized carbons (Fsp3) is 0.852. The summed E-state index contributed by atoms with van der Waals surface area (Å²) in [6.07, 6.45) is 9.73. The minimum atomic E-state index is -0.374. The molecule has 2 aliphatic heterocycles. The molecule has 4 nitrogen and oxygen atoms in total. The second-order valence-corrected chi connectivity index (χ2v) is 12.5. The van der Waals surface area contributed by atoms with Gasteiger partial charge in [-0.2, -0.15) is 0 Å². The van der Waals surface area contributed by atoms with Crippen LogP contribution < -0.4 is 0 Å². The lowest BCUT2D eigenvalue weighted by Gasteiger charge is -2.58. The number of carbonyl (C=O) groups is 2. The first-order valence-corrected chi connectivity index (χ1v) is 12.8. The molecule has 170 valence electrons. The normalized spacial score (nSPS) is 56.0. The van der Waals surface area contributed by atoms with E-state index in [9.17, 15) is 9.59 Å². The van der Waals surface area contributed by atoms with Crippen LogP contribution in [-0.2, 0) is 19.1 Å². The summed E-state index contributed by atoms with van der Waals surface area (Å²) in [4.78, 5) is 25.3. The van der Waals surface area contributed by atoms with Crippen molar-refractivity contribution < 1.29 is 19.1 Å². The van der Waals surface area contributed by atoms with Gasteiger partial charge in [0.1, 0.15) is 0 Å². The predicted octanol–water partition coefficient (Wildman–Crippen LogP) is 5.10. The number of Topliss-reactive ketones (excluding diaryl/α,β-unsaturated/α-hetero) is 1. The van der Waals surface area contributed by atoms with Crippen molar-refractivity contribution in [1.29, 1.82) is 0 Å². The number of allylic oxidation sites excluding steroid dienone is 1. The van der Waals surface area contributed by atoms with Gasteiger partial charge in [-0.15, -0.1) is 0 Å². The standard InChI is InChI=1S/C27H38O4/c1-15-5-10-27(30-14-15)16(2)24-23(31-27)13-20-18-12-22(29)21-11-17(28)6-8-25(21,3)19(18)7-9-26(20,24)4/h11,15-16,18-20,23-24H,5-10,12-14H2,1-4H3/t15-,16+,18?,19?,20?,23?,24?,25-,26+,27?/m1/s1. The van der Waals surface area contributed by atoms with Gasteiger partial charge in [-0.1, -0.05) is 27.7 Å². The Kier molecular flexibility index (Phi) is 4.34. The van der Waals surface area contributed by atoms with E-state index in [-0.39, 0.29) is 34.3 Å². The summed E-state index contributed by atoms with van der Waals surface area (Å²) in [6, 6.07) is 0. The van der Waals surface area contributed by atoms with Crippen LogP contribution in [0.4, 0.5) is 0 Å². The van der Waals surface area contributed by atoms with E-state index < -0.39 is 0 Å². The van der Waals surface area contributed by atoms with E-state index >= 15 is 0 Å². The van der Waals surface area contributed by atoms with Crippen LogP contribution in [0.5, 0.6) is 0 Å². The molecule has 3 saturated carbocycles. The zero-order valence-electron chi connectivity index (χ0n) is 19.6. The third-order valence-corrected chi connectivity index (χ3v) is 11.1. The first kappa shape index (κ1) is 20.6. The minimum Gasteiger partial charge on any atom is -0.349 e. The average molecular weight is 427 g/mol. The van der Waals surface area contributed by atoms with Gasteiger partial charge in [0, 0.05) is 30.8 Å². The van der Waals surface area contributed by atoms with Crippen LogP contribution in [0, 0.1) is 46.3 Å². The third kappa shape index (κ3) is 2.61. The van der Waals surface area contributed by atoms with Crippen molar-refractivity contribution in [3.8, 4) is 0 Å². The van der Waals surface area contributed by atoms with Gasteiger partial charge in [0.15, 0.2) is 17.4 Å². The summed E-state index contributed by atoms with van der Waals surface area (Å²) in [5, 5.41) is 0. The molecule has 0 radical (unpaired) electrons. The molecule has 0 aromatic rings. The summed E-state index contributed by atoms with van der Waals surface area (Å²) in [7, 11) is 0. The molecule has 5 fully saturated rings. The van der Waals surface area contributed by atoms with Gasteiger partial charge in [0.2, 0.25) is 0 Å². The molecule has 4 aliphatic carbocycles. The summed E-state index contributed by atoms with van der Waals surface area (Å²) in [5.41, 5.74) is 0.965. The van der Waals surface area contributed by atoms with Gasteiger partial charge in [0.25, 0.3) is 0 Å². The number of hydrogen-bond donors (Lipinski definition) is 0. The van der Waals surface area contributed by atoms with Gasteiger partial charge >= 0.3 is 0 Å². The molecule has 0 bridgehead atoms. The van der Waals surface area contributed by atoms with E-state index in [1.807, 2.05) is 0 Å². The number of ether oxygens (including phenoxy) is 2. The number of ketones is 2. The van der Waals surface area contributed by atoms with E-state index in [1.54, 1.807) is 6.08 Å². The second-order valence-electron chi connectivity index (χ2n) is 12.5. The molecule has 0 aromatic carbocycles. The Bertz CT molecular complexity index is 851. The monoisotopic (exact) mass is 426 g/mol. The Labute approximate surface area is 186 Å². The molecule has 2 saturated heterocycles. The average Bonchev–Trinajstić information content (AvgIpc) is 3.17. The van der Waals surface area contributed by atoms with Crippen molar-refractivity contribution in [2.75, 3.05) is 6.61 Å². The number of carbonyl (C=O) groups excluding carboxylic acids is 2. The van der Waals surface area contributed by atoms with Gasteiger partial charge in [-0.05, 0) is 78.6 Å². The first-order chi connectivity index (χ1) is 14.7. The van der Waals surface area contributed by atoms with Crippen molar-refractivity contribution in [3.05, 3.63) is 11.6 Å². The molecule has 6 rings (SSSR count). The summed E-state index contributed by atoms with van der Waals surface area (Å²) in [5.74, 6) is 3.08. The molecule has 2 heterocycles. The van der Waals surface area contributed by atoms with Crippen molar-refractivity contribution in [2.45, 2.75) is 91.0 Å². The highest BCUT2D eigenvalue weighted by molar-refractivity contribution is 6.05. The van der Waals surface area contributed by atoms with Gasteiger partial charge in [0.05, 0.1) is 12.7 Å². The van der Waals surface area contributed by atoms with Crippen LogP contribution >= 0.6 is 0 Å². The van der Waals surface area contributed by atoms with Gasteiger partial charge in [-0.3, -0.25) is 9.59 Å². The molecular weight excluding hydrogens is 388 g/mol. The van der Waals surface area contributed by atoms with Crippen LogP contribution in [-0.4, -0.2) is 30.1 Å². The molecule has 0 aromatic heterocycles. The Morgan fingerprint density at radius 2 is 1.84 bits per heavy atom. The molecule has 10 atom stereocenters. The summed E-state index contributed by atoms with van der Waals surface area (Å²) < 4.78 is 13.2. The van der Waals surface area contributed by atoms with Crippen LogP contribution in [0.25, 0.3) is 0 Å². The zero-order chi connectivity index (χ0) is 21.8. The fourth-order valence-corrected chi connectivity index (χ4v) is 9.40. The third-order valence-electron chi connectivity index (χ3n) is 11.1.